The summed E-state index contributed by atoms with van der Waals surface area (Å²) in [5.74, 6) is 0. The SMILES string of the molecule is Cc1cc(Cn2ccc(=O)n(CCCN)c2=O)n(C)n1. The van der Waals surface area contributed by atoms with E-state index in [1.165, 1.54) is 21.4 Å². The maximum Gasteiger partial charge on any atom is 0.331 e. The first-order valence-electron chi connectivity index (χ1n) is 6.53. The van der Waals surface area contributed by atoms with Crippen LogP contribution < -0.4 is 17.0 Å². The molecule has 7 nitrogen and oxygen atoms in total. The molecule has 0 bridgehead atoms. The molecule has 0 saturated heterocycles. The summed E-state index contributed by atoms with van der Waals surface area (Å²) in [6.07, 6.45) is 2.12. The van der Waals surface area contributed by atoms with Gasteiger partial charge in [0, 0.05) is 25.9 Å². The first-order chi connectivity index (χ1) is 9.52. The number of hydrogen-bond acceptors (Lipinski definition) is 4. The van der Waals surface area contributed by atoms with Gasteiger partial charge in [-0.3, -0.25) is 18.6 Å². The standard InChI is InChI=1S/C13H19N5O2/c1-10-8-11(16(2)15-10)9-17-7-4-12(19)18(13(17)20)6-3-5-14/h4,7-8H,3,5-6,9,14H2,1-2H3. The lowest BCUT2D eigenvalue weighted by Crippen LogP contribution is -2.39. The van der Waals surface area contributed by atoms with Gasteiger partial charge in [-0.2, -0.15) is 5.10 Å². The first-order valence-corrected chi connectivity index (χ1v) is 6.53. The minimum absolute atomic E-state index is 0.291. The Labute approximate surface area is 116 Å². The van der Waals surface area contributed by atoms with E-state index < -0.39 is 0 Å². The van der Waals surface area contributed by atoms with Crippen LogP contribution in [0.25, 0.3) is 0 Å². The second-order valence-corrected chi connectivity index (χ2v) is 4.76. The van der Waals surface area contributed by atoms with E-state index in [0.29, 0.717) is 26.1 Å². The third-order valence-electron chi connectivity index (χ3n) is 3.16. The molecule has 0 radical (unpaired) electrons. The summed E-state index contributed by atoms with van der Waals surface area (Å²) >= 11 is 0. The molecule has 108 valence electrons. The van der Waals surface area contributed by atoms with Crippen LogP contribution in [-0.4, -0.2) is 25.5 Å². The van der Waals surface area contributed by atoms with Crippen molar-refractivity contribution in [3.8, 4) is 0 Å². The van der Waals surface area contributed by atoms with E-state index in [2.05, 4.69) is 5.10 Å². The average molecular weight is 277 g/mol. The van der Waals surface area contributed by atoms with Gasteiger partial charge in [0.2, 0.25) is 0 Å². The quantitative estimate of drug-likeness (QED) is 0.794. The minimum Gasteiger partial charge on any atom is -0.330 e. The highest BCUT2D eigenvalue weighted by Gasteiger charge is 2.08. The Morgan fingerprint density at radius 1 is 1.35 bits per heavy atom. The van der Waals surface area contributed by atoms with E-state index in [4.69, 9.17) is 5.73 Å². The van der Waals surface area contributed by atoms with Gasteiger partial charge in [-0.25, -0.2) is 4.79 Å². The van der Waals surface area contributed by atoms with Gasteiger partial charge >= 0.3 is 5.69 Å². The Morgan fingerprint density at radius 3 is 2.70 bits per heavy atom. The van der Waals surface area contributed by atoms with Crippen molar-refractivity contribution in [2.45, 2.75) is 26.4 Å². The zero-order valence-corrected chi connectivity index (χ0v) is 11.7. The topological polar surface area (TPSA) is 87.8 Å². The summed E-state index contributed by atoms with van der Waals surface area (Å²) in [6.45, 7) is 3.08. The lowest BCUT2D eigenvalue weighted by Gasteiger charge is -2.09. The van der Waals surface area contributed by atoms with Gasteiger partial charge in [-0.05, 0) is 26.0 Å². The van der Waals surface area contributed by atoms with Crippen LogP contribution in [0.2, 0.25) is 0 Å². The number of hydrogen-bond donors (Lipinski definition) is 1. The highest BCUT2D eigenvalue weighted by atomic mass is 16.2. The molecule has 20 heavy (non-hydrogen) atoms. The van der Waals surface area contributed by atoms with Crippen LogP contribution in [0, 0.1) is 6.92 Å². The molecular formula is C13H19N5O2. The lowest BCUT2D eigenvalue weighted by molar-refractivity contribution is 0.544. The van der Waals surface area contributed by atoms with Gasteiger partial charge in [0.25, 0.3) is 5.56 Å². The summed E-state index contributed by atoms with van der Waals surface area (Å²) in [4.78, 5) is 24.0. The number of rotatable bonds is 5. The van der Waals surface area contributed by atoms with Crippen LogP contribution in [0.15, 0.2) is 27.9 Å². The van der Waals surface area contributed by atoms with Gasteiger partial charge in [0.15, 0.2) is 0 Å². The van der Waals surface area contributed by atoms with Gasteiger partial charge in [0.05, 0.1) is 17.9 Å². The molecule has 2 aromatic heterocycles. The molecule has 0 fully saturated rings. The second-order valence-electron chi connectivity index (χ2n) is 4.76. The summed E-state index contributed by atoms with van der Waals surface area (Å²) in [7, 11) is 1.83. The largest absolute Gasteiger partial charge is 0.331 e. The third kappa shape index (κ3) is 2.88. The Hall–Kier alpha value is -2.15. The average Bonchev–Trinajstić information content (AvgIpc) is 2.71. The van der Waals surface area contributed by atoms with Crippen molar-refractivity contribution in [1.29, 1.82) is 0 Å². The second kappa shape index (κ2) is 5.87. The van der Waals surface area contributed by atoms with Gasteiger partial charge in [-0.15, -0.1) is 0 Å². The molecule has 0 atom stereocenters. The summed E-state index contributed by atoms with van der Waals surface area (Å²) in [6, 6.07) is 3.32. The van der Waals surface area contributed by atoms with Crippen molar-refractivity contribution >= 4 is 0 Å². The summed E-state index contributed by atoms with van der Waals surface area (Å²) in [5, 5.41) is 4.24. The normalized spacial score (nSPS) is 10.9. The fourth-order valence-electron chi connectivity index (χ4n) is 2.12. The molecule has 2 heterocycles. The van der Waals surface area contributed by atoms with Gasteiger partial charge in [-0.1, -0.05) is 0 Å². The van der Waals surface area contributed by atoms with Crippen molar-refractivity contribution in [2.75, 3.05) is 6.54 Å². The maximum atomic E-state index is 12.3. The zero-order valence-electron chi connectivity index (χ0n) is 11.7. The van der Waals surface area contributed by atoms with E-state index >= 15 is 0 Å². The van der Waals surface area contributed by atoms with Crippen LogP contribution >= 0.6 is 0 Å². The molecule has 0 saturated carbocycles. The van der Waals surface area contributed by atoms with Gasteiger partial charge in [0.1, 0.15) is 0 Å². The number of nitrogens with two attached hydrogens (primary N) is 1. The van der Waals surface area contributed by atoms with Crippen molar-refractivity contribution in [3.05, 3.63) is 50.6 Å². The van der Waals surface area contributed by atoms with Gasteiger partial charge < -0.3 is 5.73 Å². The highest BCUT2D eigenvalue weighted by molar-refractivity contribution is 5.09. The zero-order chi connectivity index (χ0) is 14.7. The fourth-order valence-corrected chi connectivity index (χ4v) is 2.12. The molecule has 0 aromatic carbocycles. The Balaban J connectivity index is 2.36. The molecule has 0 spiro atoms. The van der Waals surface area contributed by atoms with Crippen LogP contribution in [0.3, 0.4) is 0 Å². The molecule has 2 N–H and O–H groups in total. The molecule has 2 rings (SSSR count). The Bertz CT molecular complexity index is 710. The summed E-state index contributed by atoms with van der Waals surface area (Å²) in [5.41, 5.74) is 6.63. The van der Waals surface area contributed by atoms with Crippen molar-refractivity contribution < 1.29 is 0 Å². The Morgan fingerprint density at radius 2 is 2.10 bits per heavy atom. The third-order valence-corrected chi connectivity index (χ3v) is 3.16. The smallest absolute Gasteiger partial charge is 0.330 e. The molecule has 0 aliphatic carbocycles. The van der Waals surface area contributed by atoms with E-state index in [9.17, 15) is 9.59 Å². The molecule has 0 aliphatic heterocycles. The molecule has 2 aromatic rings. The van der Waals surface area contributed by atoms with Crippen LogP contribution in [0.4, 0.5) is 0 Å². The van der Waals surface area contributed by atoms with Crippen molar-refractivity contribution in [2.24, 2.45) is 12.8 Å². The molecule has 0 amide bonds. The van der Waals surface area contributed by atoms with E-state index in [-0.39, 0.29) is 11.2 Å². The monoisotopic (exact) mass is 277 g/mol. The number of aromatic nitrogens is 4. The van der Waals surface area contributed by atoms with E-state index in [1.54, 1.807) is 4.68 Å². The van der Waals surface area contributed by atoms with Crippen LogP contribution in [0.5, 0.6) is 0 Å². The molecular weight excluding hydrogens is 258 g/mol. The first kappa shape index (κ1) is 14.3. The number of nitrogens with zero attached hydrogens (tertiary/aromatic N) is 4. The van der Waals surface area contributed by atoms with E-state index in [1.807, 2.05) is 20.0 Å². The van der Waals surface area contributed by atoms with Crippen LogP contribution in [0.1, 0.15) is 17.8 Å². The fraction of sp³-hybridized carbons (Fsp3) is 0.462. The molecule has 7 heteroatoms. The van der Waals surface area contributed by atoms with E-state index in [0.717, 1.165) is 11.4 Å². The lowest BCUT2D eigenvalue weighted by atomic mass is 10.3. The Kier molecular flexibility index (Phi) is 4.19. The summed E-state index contributed by atoms with van der Waals surface area (Å²) < 4.78 is 4.46. The van der Waals surface area contributed by atoms with Crippen LogP contribution in [-0.2, 0) is 20.1 Å². The van der Waals surface area contributed by atoms with Crippen molar-refractivity contribution in [3.63, 3.8) is 0 Å². The number of aryl methyl sites for hydroxylation is 2. The minimum atomic E-state index is -0.315. The molecule has 0 unspecified atom stereocenters. The predicted molar refractivity (Wildman–Crippen MR) is 75.7 cm³/mol. The molecule has 0 aliphatic rings. The predicted octanol–water partition coefficient (Wildman–Crippen LogP) is -0.551. The maximum absolute atomic E-state index is 12.3. The highest BCUT2D eigenvalue weighted by Crippen LogP contribution is 2.02. The van der Waals surface area contributed by atoms with Crippen molar-refractivity contribution in [1.82, 2.24) is 18.9 Å².